The van der Waals surface area contributed by atoms with Gasteiger partial charge in [-0.3, -0.25) is 4.79 Å². The maximum atomic E-state index is 12.8. The molecule has 0 saturated carbocycles. The predicted molar refractivity (Wildman–Crippen MR) is 113 cm³/mol. The van der Waals surface area contributed by atoms with E-state index in [4.69, 9.17) is 39.5 Å². The minimum Gasteiger partial charge on any atom is -0.452 e. The van der Waals surface area contributed by atoms with Crippen molar-refractivity contribution >= 4 is 62.5 Å². The molecule has 3 rings (SSSR count). The number of esters is 1. The summed E-state index contributed by atoms with van der Waals surface area (Å²) < 4.78 is 31.8. The monoisotopic (exact) mass is 491 g/mol. The molecule has 0 bridgehead atoms. The van der Waals surface area contributed by atoms with E-state index in [0.717, 1.165) is 18.9 Å². The number of nitrogens with one attached hydrogen (secondary N) is 1. The smallest absolute Gasteiger partial charge is 0.338 e. The van der Waals surface area contributed by atoms with E-state index >= 15 is 0 Å². The molecule has 160 valence electrons. The van der Waals surface area contributed by atoms with Gasteiger partial charge in [-0.2, -0.15) is 4.31 Å². The van der Waals surface area contributed by atoms with Crippen LogP contribution in [0.4, 0.5) is 5.82 Å². The zero-order chi connectivity index (χ0) is 21.9. The number of carbonyl (C=O) groups is 2. The molecule has 0 unspecified atom stereocenters. The van der Waals surface area contributed by atoms with Crippen LogP contribution in [0.15, 0.2) is 35.4 Å². The van der Waals surface area contributed by atoms with Gasteiger partial charge in [-0.15, -0.1) is 0 Å². The molecule has 0 spiro atoms. The highest BCUT2D eigenvalue weighted by Gasteiger charge is 2.30. The molecular formula is C18H16Cl3N3O5S. The fraction of sp³-hybridized carbons (Fsp3) is 0.278. The van der Waals surface area contributed by atoms with Gasteiger partial charge in [-0.05, 0) is 37.1 Å². The fourth-order valence-electron chi connectivity index (χ4n) is 2.78. The molecule has 1 aliphatic heterocycles. The number of hydrogen-bond donors (Lipinski definition) is 1. The SMILES string of the molecule is O=C(COC(=O)c1ccc(Cl)c(S(=O)(=O)N2CCCC2)c1)Nc1ncc(Cl)cc1Cl. The van der Waals surface area contributed by atoms with Gasteiger partial charge < -0.3 is 10.1 Å². The second-order valence-electron chi connectivity index (χ2n) is 6.36. The standard InChI is InChI=1S/C18H16Cl3N3O5S/c19-12-8-14(21)17(22-9-12)23-16(25)10-29-18(26)11-3-4-13(20)15(7-11)30(27,28)24-5-1-2-6-24/h3-4,7-9H,1-2,5-6,10H2,(H,22,23,25). The first kappa shape index (κ1) is 22.8. The summed E-state index contributed by atoms with van der Waals surface area (Å²) in [6.45, 7) is 0.167. The third-order valence-electron chi connectivity index (χ3n) is 4.25. The van der Waals surface area contributed by atoms with Crippen molar-refractivity contribution in [2.75, 3.05) is 25.0 Å². The minimum absolute atomic E-state index is 0.000326. The number of hydrogen-bond acceptors (Lipinski definition) is 6. The van der Waals surface area contributed by atoms with Crippen molar-refractivity contribution in [3.63, 3.8) is 0 Å². The Bertz CT molecular complexity index is 1090. The molecule has 2 heterocycles. The van der Waals surface area contributed by atoms with Crippen LogP contribution in [0.3, 0.4) is 0 Å². The number of amides is 1. The maximum Gasteiger partial charge on any atom is 0.338 e. The Hall–Kier alpha value is -1.91. The minimum atomic E-state index is -3.83. The Morgan fingerprint density at radius 3 is 2.47 bits per heavy atom. The number of ether oxygens (including phenoxy) is 1. The van der Waals surface area contributed by atoms with Crippen LogP contribution in [0.25, 0.3) is 0 Å². The first-order valence-corrected chi connectivity index (χ1v) is 11.3. The lowest BCUT2D eigenvalue weighted by molar-refractivity contribution is -0.119. The van der Waals surface area contributed by atoms with Gasteiger partial charge in [-0.25, -0.2) is 18.2 Å². The Balaban J connectivity index is 1.67. The number of halogens is 3. The van der Waals surface area contributed by atoms with Crippen molar-refractivity contribution in [3.05, 3.63) is 51.1 Å². The number of nitrogens with zero attached hydrogens (tertiary/aromatic N) is 2. The van der Waals surface area contributed by atoms with Crippen LogP contribution in [0.2, 0.25) is 15.1 Å². The summed E-state index contributed by atoms with van der Waals surface area (Å²) in [5.74, 6) is -1.50. The maximum absolute atomic E-state index is 12.8. The average molecular weight is 493 g/mol. The van der Waals surface area contributed by atoms with Gasteiger partial charge in [0.25, 0.3) is 5.91 Å². The van der Waals surface area contributed by atoms with E-state index in [1.165, 1.54) is 28.7 Å². The molecule has 1 aromatic carbocycles. The van der Waals surface area contributed by atoms with E-state index in [2.05, 4.69) is 10.3 Å². The highest BCUT2D eigenvalue weighted by molar-refractivity contribution is 7.89. The fourth-order valence-corrected chi connectivity index (χ4v) is 5.23. The average Bonchev–Trinajstić information content (AvgIpc) is 3.24. The molecule has 1 amide bonds. The van der Waals surface area contributed by atoms with Gasteiger partial charge in [0.1, 0.15) is 4.90 Å². The summed E-state index contributed by atoms with van der Waals surface area (Å²) in [5.41, 5.74) is -0.0485. The van der Waals surface area contributed by atoms with Crippen molar-refractivity contribution in [1.82, 2.24) is 9.29 Å². The van der Waals surface area contributed by atoms with E-state index in [9.17, 15) is 18.0 Å². The van der Waals surface area contributed by atoms with Crippen LogP contribution >= 0.6 is 34.8 Å². The zero-order valence-corrected chi connectivity index (χ0v) is 18.5. The zero-order valence-electron chi connectivity index (χ0n) is 15.4. The van der Waals surface area contributed by atoms with Gasteiger partial charge in [0.2, 0.25) is 10.0 Å². The second kappa shape index (κ2) is 9.49. The molecule has 8 nitrogen and oxygen atoms in total. The summed E-state index contributed by atoms with van der Waals surface area (Å²) in [5, 5.41) is 2.80. The topological polar surface area (TPSA) is 106 Å². The van der Waals surface area contributed by atoms with E-state index in [1.54, 1.807) is 0 Å². The molecule has 1 aliphatic rings. The number of carbonyl (C=O) groups excluding carboxylic acids is 2. The molecule has 2 aromatic rings. The van der Waals surface area contributed by atoms with Crippen LogP contribution in [0.1, 0.15) is 23.2 Å². The lowest BCUT2D eigenvalue weighted by Gasteiger charge is -2.17. The molecule has 1 fully saturated rings. The molecule has 12 heteroatoms. The van der Waals surface area contributed by atoms with Crippen LogP contribution < -0.4 is 5.32 Å². The second-order valence-corrected chi connectivity index (χ2v) is 9.52. The summed E-state index contributed by atoms with van der Waals surface area (Å²) in [6, 6.07) is 5.17. The van der Waals surface area contributed by atoms with Crippen LogP contribution in [0, 0.1) is 0 Å². The molecule has 1 aromatic heterocycles. The van der Waals surface area contributed by atoms with Gasteiger partial charge in [-0.1, -0.05) is 34.8 Å². The number of sulfonamides is 1. The lowest BCUT2D eigenvalue weighted by atomic mass is 10.2. The Labute approximate surface area is 188 Å². The molecular weight excluding hydrogens is 477 g/mol. The summed E-state index contributed by atoms with van der Waals surface area (Å²) in [4.78, 5) is 28.0. The number of pyridine rings is 1. The third kappa shape index (κ3) is 5.22. The van der Waals surface area contributed by atoms with Crippen molar-refractivity contribution in [1.29, 1.82) is 0 Å². The van der Waals surface area contributed by atoms with Crippen molar-refractivity contribution in [2.45, 2.75) is 17.7 Å². The molecule has 0 radical (unpaired) electrons. The highest BCUT2D eigenvalue weighted by atomic mass is 35.5. The quantitative estimate of drug-likeness (QED) is 0.617. The van der Waals surface area contributed by atoms with Gasteiger partial charge in [0.05, 0.1) is 20.6 Å². The first-order chi connectivity index (χ1) is 14.2. The molecule has 30 heavy (non-hydrogen) atoms. The summed E-state index contributed by atoms with van der Waals surface area (Å²) >= 11 is 17.7. The van der Waals surface area contributed by atoms with Crippen LogP contribution in [-0.4, -0.2) is 49.3 Å². The number of anilines is 1. The number of aromatic nitrogens is 1. The van der Waals surface area contributed by atoms with Gasteiger partial charge in [0, 0.05) is 19.3 Å². The van der Waals surface area contributed by atoms with Crippen molar-refractivity contribution in [2.24, 2.45) is 0 Å². The van der Waals surface area contributed by atoms with E-state index in [-0.39, 0.29) is 26.3 Å². The van der Waals surface area contributed by atoms with Crippen LogP contribution in [-0.2, 0) is 19.6 Å². The molecule has 0 aliphatic carbocycles. The van der Waals surface area contributed by atoms with E-state index in [0.29, 0.717) is 18.1 Å². The number of benzene rings is 1. The largest absolute Gasteiger partial charge is 0.452 e. The Kier molecular flexibility index (Phi) is 7.20. The van der Waals surface area contributed by atoms with E-state index < -0.39 is 28.5 Å². The van der Waals surface area contributed by atoms with Crippen molar-refractivity contribution < 1.29 is 22.7 Å². The normalized spacial score (nSPS) is 14.5. The summed E-state index contributed by atoms with van der Waals surface area (Å²) in [6.07, 6.45) is 2.82. The predicted octanol–water partition coefficient (Wildman–Crippen LogP) is 3.62. The number of rotatable bonds is 6. The first-order valence-electron chi connectivity index (χ1n) is 8.76. The third-order valence-corrected chi connectivity index (χ3v) is 7.12. The Morgan fingerprint density at radius 1 is 1.10 bits per heavy atom. The van der Waals surface area contributed by atoms with Gasteiger partial charge in [0.15, 0.2) is 12.4 Å². The van der Waals surface area contributed by atoms with Crippen molar-refractivity contribution in [3.8, 4) is 0 Å². The Morgan fingerprint density at radius 2 is 1.80 bits per heavy atom. The highest BCUT2D eigenvalue weighted by Crippen LogP contribution is 2.28. The van der Waals surface area contributed by atoms with E-state index in [1.807, 2.05) is 0 Å². The van der Waals surface area contributed by atoms with Gasteiger partial charge >= 0.3 is 5.97 Å². The molecule has 0 atom stereocenters. The lowest BCUT2D eigenvalue weighted by Crippen LogP contribution is -2.28. The molecule has 1 saturated heterocycles. The summed E-state index contributed by atoms with van der Waals surface area (Å²) in [7, 11) is -3.83. The molecule has 1 N–H and O–H groups in total. The van der Waals surface area contributed by atoms with Crippen LogP contribution in [0.5, 0.6) is 0 Å².